The molecule has 1 aliphatic rings. The fourth-order valence-electron chi connectivity index (χ4n) is 3.63. The van der Waals surface area contributed by atoms with Crippen molar-refractivity contribution in [3.63, 3.8) is 0 Å². The Morgan fingerprint density at radius 1 is 1.14 bits per heavy atom. The number of para-hydroxylation sites is 1. The smallest absolute Gasteiger partial charge is 0.243 e. The first kappa shape index (κ1) is 21.9. The quantitative estimate of drug-likeness (QED) is 0.687. The molecule has 1 fully saturated rings. The molecular weight excluding hydrogens is 435 g/mol. The highest BCUT2D eigenvalue weighted by atomic mass is 35.5. The number of benzene rings is 2. The molecule has 1 saturated heterocycles. The summed E-state index contributed by atoms with van der Waals surface area (Å²) in [7, 11) is -3.84. The molecular formula is C20H22Cl2N2O4S. The molecule has 9 heteroatoms. The lowest BCUT2D eigenvalue weighted by Crippen LogP contribution is -2.50. The number of primary amides is 1. The van der Waals surface area contributed by atoms with Crippen LogP contribution in [0.4, 0.5) is 0 Å². The van der Waals surface area contributed by atoms with Gasteiger partial charge in [0, 0.05) is 35.0 Å². The van der Waals surface area contributed by atoms with Gasteiger partial charge in [-0.15, -0.1) is 0 Å². The number of rotatable bonds is 7. The van der Waals surface area contributed by atoms with Crippen molar-refractivity contribution in [2.45, 2.75) is 24.2 Å². The lowest BCUT2D eigenvalue weighted by Gasteiger charge is -2.41. The largest absolute Gasteiger partial charge is 0.493 e. The van der Waals surface area contributed by atoms with Crippen LogP contribution in [0.5, 0.6) is 5.75 Å². The summed E-state index contributed by atoms with van der Waals surface area (Å²) in [6.07, 6.45) is 1.24. The molecule has 156 valence electrons. The van der Waals surface area contributed by atoms with Gasteiger partial charge in [0.05, 0.1) is 11.5 Å². The van der Waals surface area contributed by atoms with Gasteiger partial charge in [-0.25, -0.2) is 8.42 Å². The maximum absolute atomic E-state index is 13.2. The first-order valence-electron chi connectivity index (χ1n) is 9.13. The molecule has 1 heterocycles. The van der Waals surface area contributed by atoms with Crippen LogP contribution in [0.15, 0.2) is 53.4 Å². The van der Waals surface area contributed by atoms with Crippen LogP contribution >= 0.6 is 23.2 Å². The number of nitrogens with two attached hydrogens (primary N) is 1. The number of carbonyl (C=O) groups excluding carboxylic acids is 1. The molecule has 0 spiro atoms. The fourth-order valence-corrected chi connectivity index (χ4v) is 5.95. The van der Waals surface area contributed by atoms with Crippen molar-refractivity contribution in [3.8, 4) is 5.75 Å². The van der Waals surface area contributed by atoms with Gasteiger partial charge in [-0.05, 0) is 43.2 Å². The van der Waals surface area contributed by atoms with Gasteiger partial charge in [-0.1, -0.05) is 41.4 Å². The van der Waals surface area contributed by atoms with Crippen molar-refractivity contribution in [1.29, 1.82) is 0 Å². The van der Waals surface area contributed by atoms with Gasteiger partial charge in [-0.2, -0.15) is 4.31 Å². The third kappa shape index (κ3) is 5.42. The predicted molar refractivity (Wildman–Crippen MR) is 113 cm³/mol. The molecule has 6 nitrogen and oxygen atoms in total. The summed E-state index contributed by atoms with van der Waals surface area (Å²) < 4.78 is 33.6. The molecule has 0 saturated carbocycles. The Hall–Kier alpha value is -1.80. The van der Waals surface area contributed by atoms with Gasteiger partial charge in [0.15, 0.2) is 0 Å². The van der Waals surface area contributed by atoms with E-state index in [2.05, 4.69) is 0 Å². The molecule has 1 amide bonds. The Labute approximate surface area is 180 Å². The van der Waals surface area contributed by atoms with Crippen LogP contribution < -0.4 is 10.5 Å². The van der Waals surface area contributed by atoms with E-state index >= 15 is 0 Å². The number of piperidine rings is 1. The topological polar surface area (TPSA) is 89.7 Å². The maximum atomic E-state index is 13.2. The zero-order valence-corrected chi connectivity index (χ0v) is 18.0. The van der Waals surface area contributed by atoms with Crippen LogP contribution in [0.25, 0.3) is 0 Å². The fraction of sp³-hybridized carbons (Fsp3) is 0.350. The summed E-state index contributed by atoms with van der Waals surface area (Å²) in [5.74, 6) is 0.157. The molecule has 0 aliphatic carbocycles. The van der Waals surface area contributed by atoms with Crippen molar-refractivity contribution in [2.75, 3.05) is 19.7 Å². The average Bonchev–Trinajstić information content (AvgIpc) is 2.66. The molecule has 0 bridgehead atoms. The van der Waals surface area contributed by atoms with E-state index in [0.29, 0.717) is 25.1 Å². The van der Waals surface area contributed by atoms with Gasteiger partial charge in [0.25, 0.3) is 0 Å². The Balaban J connectivity index is 1.86. The van der Waals surface area contributed by atoms with E-state index in [-0.39, 0.29) is 34.5 Å². The number of amides is 1. The van der Waals surface area contributed by atoms with Crippen LogP contribution in [0.3, 0.4) is 0 Å². The van der Waals surface area contributed by atoms with E-state index in [9.17, 15) is 13.2 Å². The number of sulfonamides is 1. The van der Waals surface area contributed by atoms with E-state index in [1.807, 2.05) is 30.3 Å². The lowest BCUT2D eigenvalue weighted by molar-refractivity contribution is -0.121. The second-order valence-electron chi connectivity index (χ2n) is 7.29. The van der Waals surface area contributed by atoms with Gasteiger partial charge in [0.1, 0.15) is 5.75 Å². The van der Waals surface area contributed by atoms with Crippen molar-refractivity contribution in [3.05, 3.63) is 58.6 Å². The molecule has 2 aromatic carbocycles. The van der Waals surface area contributed by atoms with Gasteiger partial charge in [-0.3, -0.25) is 4.79 Å². The number of ether oxygens (including phenoxy) is 1. The lowest BCUT2D eigenvalue weighted by atomic mass is 9.78. The van der Waals surface area contributed by atoms with Crippen molar-refractivity contribution in [2.24, 2.45) is 11.1 Å². The van der Waals surface area contributed by atoms with Crippen molar-refractivity contribution in [1.82, 2.24) is 4.31 Å². The Bertz CT molecular complexity index is 965. The third-order valence-electron chi connectivity index (χ3n) is 4.94. The summed E-state index contributed by atoms with van der Waals surface area (Å²) in [4.78, 5) is 11.8. The minimum atomic E-state index is -3.84. The number of carbonyl (C=O) groups is 1. The zero-order valence-electron chi connectivity index (χ0n) is 15.7. The monoisotopic (exact) mass is 456 g/mol. The summed E-state index contributed by atoms with van der Waals surface area (Å²) >= 11 is 12.0. The highest BCUT2D eigenvalue weighted by Crippen LogP contribution is 2.37. The molecule has 2 N–H and O–H groups in total. The summed E-state index contributed by atoms with van der Waals surface area (Å²) in [6.45, 7) is 0.635. The van der Waals surface area contributed by atoms with E-state index in [1.54, 1.807) is 0 Å². The molecule has 2 aromatic rings. The molecule has 1 aliphatic heterocycles. The first-order valence-corrected chi connectivity index (χ1v) is 11.3. The van der Waals surface area contributed by atoms with E-state index in [1.165, 1.54) is 22.5 Å². The second kappa shape index (κ2) is 8.92. The van der Waals surface area contributed by atoms with Crippen molar-refractivity contribution >= 4 is 39.1 Å². The Kier molecular flexibility index (Phi) is 6.73. The van der Waals surface area contributed by atoms with E-state index < -0.39 is 21.3 Å². The highest BCUT2D eigenvalue weighted by Gasteiger charge is 2.42. The molecule has 0 aromatic heterocycles. The zero-order chi connectivity index (χ0) is 21.1. The Morgan fingerprint density at radius 3 is 2.41 bits per heavy atom. The number of nitrogens with zero attached hydrogens (tertiary/aromatic N) is 1. The third-order valence-corrected chi connectivity index (χ3v) is 7.20. The predicted octanol–water partition coefficient (Wildman–Crippen LogP) is 3.72. The summed E-state index contributed by atoms with van der Waals surface area (Å²) in [6, 6.07) is 13.4. The molecule has 29 heavy (non-hydrogen) atoms. The first-order chi connectivity index (χ1) is 13.7. The van der Waals surface area contributed by atoms with Crippen LogP contribution in [-0.2, 0) is 14.8 Å². The number of hydrogen-bond donors (Lipinski definition) is 1. The van der Waals surface area contributed by atoms with Crippen LogP contribution in [0.2, 0.25) is 10.0 Å². The molecule has 0 radical (unpaired) electrons. The minimum absolute atomic E-state index is 0.0221. The maximum Gasteiger partial charge on any atom is 0.243 e. The van der Waals surface area contributed by atoms with Gasteiger partial charge < -0.3 is 10.5 Å². The van der Waals surface area contributed by atoms with Gasteiger partial charge >= 0.3 is 0 Å². The molecule has 1 atom stereocenters. The number of halogens is 2. The average molecular weight is 457 g/mol. The standard InChI is InChI=1S/C20H22Cl2N2O4S/c21-15-9-16(22)11-18(10-15)29(26,27)24-8-4-7-20(13-24,12-19(23)25)14-28-17-5-2-1-3-6-17/h1-3,5-6,9-11H,4,7-8,12-14H2,(H2,23,25)/t20-/m1/s1. The van der Waals surface area contributed by atoms with Crippen molar-refractivity contribution < 1.29 is 17.9 Å². The van der Waals surface area contributed by atoms with Crippen LogP contribution in [0, 0.1) is 5.41 Å². The number of hydrogen-bond acceptors (Lipinski definition) is 4. The van der Waals surface area contributed by atoms with E-state index in [4.69, 9.17) is 33.7 Å². The summed E-state index contributed by atoms with van der Waals surface area (Å²) in [5.41, 5.74) is 4.77. The Morgan fingerprint density at radius 2 is 1.79 bits per heavy atom. The molecule has 3 rings (SSSR count). The van der Waals surface area contributed by atoms with Gasteiger partial charge in [0.2, 0.25) is 15.9 Å². The summed E-state index contributed by atoms with van der Waals surface area (Å²) in [5, 5.41) is 0.479. The highest BCUT2D eigenvalue weighted by molar-refractivity contribution is 7.89. The SMILES string of the molecule is NC(=O)C[C@]1(COc2ccccc2)CCCN(S(=O)(=O)c2cc(Cl)cc(Cl)c2)C1. The normalized spacial score (nSPS) is 20.3. The second-order valence-corrected chi connectivity index (χ2v) is 10.1. The molecule has 0 unspecified atom stereocenters. The van der Waals surface area contributed by atoms with Crippen LogP contribution in [-0.4, -0.2) is 38.3 Å². The van der Waals surface area contributed by atoms with Crippen LogP contribution in [0.1, 0.15) is 19.3 Å². The van der Waals surface area contributed by atoms with E-state index in [0.717, 1.165) is 0 Å². The minimum Gasteiger partial charge on any atom is -0.493 e.